The van der Waals surface area contributed by atoms with Gasteiger partial charge in [-0.05, 0) is 18.4 Å². The Labute approximate surface area is 114 Å². The molecule has 98 valence electrons. The van der Waals surface area contributed by atoms with Crippen molar-refractivity contribution in [3.8, 4) is 5.75 Å². The van der Waals surface area contributed by atoms with E-state index >= 15 is 0 Å². The van der Waals surface area contributed by atoms with E-state index in [0.717, 1.165) is 10.6 Å². The molecule has 3 rings (SSSR count). The minimum Gasteiger partial charge on any atom is -0.426 e. The van der Waals surface area contributed by atoms with E-state index in [1.54, 1.807) is 29.0 Å². The van der Waals surface area contributed by atoms with Gasteiger partial charge in [0.2, 0.25) is 0 Å². The van der Waals surface area contributed by atoms with E-state index in [9.17, 15) is 9.59 Å². The minimum absolute atomic E-state index is 0.0825. The summed E-state index contributed by atoms with van der Waals surface area (Å²) < 4.78 is 6.82. The van der Waals surface area contributed by atoms with Crippen molar-refractivity contribution in [1.82, 2.24) is 4.57 Å². The molecule has 0 radical (unpaired) electrons. The monoisotopic (exact) mass is 275 g/mol. The molecule has 5 heteroatoms. The van der Waals surface area contributed by atoms with Gasteiger partial charge in [-0.25, -0.2) is 0 Å². The van der Waals surface area contributed by atoms with Crippen molar-refractivity contribution in [2.75, 3.05) is 0 Å². The molecule has 3 heterocycles. The van der Waals surface area contributed by atoms with Gasteiger partial charge < -0.3 is 9.30 Å². The highest BCUT2D eigenvalue weighted by Gasteiger charge is 2.32. The topological polar surface area (TPSA) is 48.3 Å². The Bertz CT molecular complexity index is 700. The molecule has 4 nitrogen and oxygen atoms in total. The first-order chi connectivity index (χ1) is 9.08. The van der Waals surface area contributed by atoms with Crippen molar-refractivity contribution in [2.24, 2.45) is 7.05 Å². The first-order valence-electron chi connectivity index (χ1n) is 6.02. The SMILES string of the molecule is Cc1cc2c(c(=O)n1C)[C@@H](c1cccs1)CC(=O)O2. The number of nitrogens with zero attached hydrogens (tertiary/aromatic N) is 1. The largest absolute Gasteiger partial charge is 0.426 e. The average Bonchev–Trinajstić information content (AvgIpc) is 2.88. The van der Waals surface area contributed by atoms with Gasteiger partial charge in [0.25, 0.3) is 5.56 Å². The van der Waals surface area contributed by atoms with E-state index < -0.39 is 0 Å². The second-order valence-electron chi connectivity index (χ2n) is 4.67. The molecule has 1 aliphatic rings. The molecule has 2 aromatic rings. The minimum atomic E-state index is -0.279. The molecule has 19 heavy (non-hydrogen) atoms. The van der Waals surface area contributed by atoms with E-state index in [1.807, 2.05) is 24.4 Å². The standard InChI is InChI=1S/C14H13NO3S/c1-8-6-10-13(14(17)15(8)2)9(7-12(16)18-10)11-4-3-5-19-11/h3-6,9H,7H2,1-2H3/t9-/m1/s1. The number of carbonyl (C=O) groups is 1. The van der Waals surface area contributed by atoms with Gasteiger partial charge in [-0.3, -0.25) is 9.59 Å². The third-order valence-corrected chi connectivity index (χ3v) is 4.49. The number of fused-ring (bicyclic) bond motifs is 1. The lowest BCUT2D eigenvalue weighted by Crippen LogP contribution is -2.31. The quantitative estimate of drug-likeness (QED) is 0.750. The van der Waals surface area contributed by atoms with Crippen molar-refractivity contribution >= 4 is 17.3 Å². The Morgan fingerprint density at radius 3 is 2.89 bits per heavy atom. The van der Waals surface area contributed by atoms with Crippen LogP contribution >= 0.6 is 11.3 Å². The lowest BCUT2D eigenvalue weighted by atomic mass is 9.92. The molecule has 0 aromatic carbocycles. The molecule has 0 saturated carbocycles. The molecule has 0 fully saturated rings. The number of hydrogen-bond donors (Lipinski definition) is 0. The van der Waals surface area contributed by atoms with E-state index in [4.69, 9.17) is 4.74 Å². The number of pyridine rings is 1. The van der Waals surface area contributed by atoms with Crippen LogP contribution in [0.4, 0.5) is 0 Å². The summed E-state index contributed by atoms with van der Waals surface area (Å²) in [7, 11) is 1.74. The molecule has 0 unspecified atom stereocenters. The number of carbonyl (C=O) groups excluding carboxylic acids is 1. The van der Waals surface area contributed by atoms with Gasteiger partial charge in [0.05, 0.1) is 12.0 Å². The fourth-order valence-electron chi connectivity index (χ4n) is 2.38. The van der Waals surface area contributed by atoms with Crippen molar-refractivity contribution in [3.63, 3.8) is 0 Å². The van der Waals surface area contributed by atoms with Gasteiger partial charge >= 0.3 is 5.97 Å². The van der Waals surface area contributed by atoms with Crippen molar-refractivity contribution < 1.29 is 9.53 Å². The number of rotatable bonds is 1. The highest BCUT2D eigenvalue weighted by Crippen LogP contribution is 2.38. The highest BCUT2D eigenvalue weighted by molar-refractivity contribution is 7.10. The van der Waals surface area contributed by atoms with Crippen LogP contribution in [0.2, 0.25) is 0 Å². The zero-order valence-electron chi connectivity index (χ0n) is 10.7. The summed E-state index contributed by atoms with van der Waals surface area (Å²) in [6, 6.07) is 5.64. The lowest BCUT2D eigenvalue weighted by Gasteiger charge is -2.24. The Kier molecular flexibility index (Phi) is 2.78. The summed E-state index contributed by atoms with van der Waals surface area (Å²) in [5.74, 6) is -0.0515. The van der Waals surface area contributed by atoms with Gasteiger partial charge in [-0.1, -0.05) is 6.07 Å². The van der Waals surface area contributed by atoms with Crippen LogP contribution in [0.1, 0.15) is 28.5 Å². The molecular formula is C14H13NO3S. The number of ether oxygens (including phenoxy) is 1. The normalized spacial score (nSPS) is 18.0. The fraction of sp³-hybridized carbons (Fsp3) is 0.286. The van der Waals surface area contributed by atoms with Gasteiger partial charge in [-0.2, -0.15) is 0 Å². The van der Waals surface area contributed by atoms with Gasteiger partial charge in [0, 0.05) is 29.6 Å². The third kappa shape index (κ3) is 1.90. The maximum atomic E-state index is 12.4. The molecule has 0 aliphatic carbocycles. The molecule has 1 atom stereocenters. The van der Waals surface area contributed by atoms with E-state index in [-0.39, 0.29) is 23.9 Å². The molecule has 0 amide bonds. The second kappa shape index (κ2) is 4.35. The predicted molar refractivity (Wildman–Crippen MR) is 72.8 cm³/mol. The maximum Gasteiger partial charge on any atom is 0.312 e. The Balaban J connectivity index is 2.26. The zero-order valence-corrected chi connectivity index (χ0v) is 11.5. The van der Waals surface area contributed by atoms with Crippen molar-refractivity contribution in [1.29, 1.82) is 0 Å². The van der Waals surface area contributed by atoms with Crippen LogP contribution in [0, 0.1) is 6.92 Å². The molecule has 0 spiro atoms. The lowest BCUT2D eigenvalue weighted by molar-refractivity contribution is -0.135. The molecular weight excluding hydrogens is 262 g/mol. The maximum absolute atomic E-state index is 12.4. The fourth-order valence-corrected chi connectivity index (χ4v) is 3.22. The summed E-state index contributed by atoms with van der Waals surface area (Å²) >= 11 is 1.56. The van der Waals surface area contributed by atoms with Crippen LogP contribution in [-0.4, -0.2) is 10.5 Å². The Morgan fingerprint density at radius 2 is 2.21 bits per heavy atom. The van der Waals surface area contributed by atoms with Crippen LogP contribution in [0.3, 0.4) is 0 Å². The number of hydrogen-bond acceptors (Lipinski definition) is 4. The van der Waals surface area contributed by atoms with Gasteiger partial charge in [-0.15, -0.1) is 11.3 Å². The summed E-state index contributed by atoms with van der Waals surface area (Å²) in [5, 5.41) is 1.95. The molecule has 0 bridgehead atoms. The molecule has 0 saturated heterocycles. The summed E-state index contributed by atoms with van der Waals surface area (Å²) in [4.78, 5) is 25.2. The van der Waals surface area contributed by atoms with Crippen LogP contribution in [-0.2, 0) is 11.8 Å². The Hall–Kier alpha value is -1.88. The third-order valence-electron chi connectivity index (χ3n) is 3.50. The summed E-state index contributed by atoms with van der Waals surface area (Å²) in [6.45, 7) is 1.82. The molecule has 2 aromatic heterocycles. The van der Waals surface area contributed by atoms with Crippen LogP contribution in [0.5, 0.6) is 5.75 Å². The van der Waals surface area contributed by atoms with Crippen LogP contribution in [0.15, 0.2) is 28.4 Å². The van der Waals surface area contributed by atoms with Crippen molar-refractivity contribution in [3.05, 3.63) is 50.1 Å². The zero-order chi connectivity index (χ0) is 13.6. The average molecular weight is 275 g/mol. The van der Waals surface area contributed by atoms with E-state index in [0.29, 0.717) is 11.3 Å². The highest BCUT2D eigenvalue weighted by atomic mass is 32.1. The van der Waals surface area contributed by atoms with Crippen molar-refractivity contribution in [2.45, 2.75) is 19.3 Å². The predicted octanol–water partition coefficient (Wildman–Crippen LogP) is 2.20. The molecule has 0 N–H and O–H groups in total. The van der Waals surface area contributed by atoms with E-state index in [2.05, 4.69) is 0 Å². The van der Waals surface area contributed by atoms with Crippen LogP contribution in [0.25, 0.3) is 0 Å². The number of thiophene rings is 1. The number of aryl methyl sites for hydroxylation is 1. The van der Waals surface area contributed by atoms with Crippen LogP contribution < -0.4 is 10.3 Å². The van der Waals surface area contributed by atoms with E-state index in [1.165, 1.54) is 0 Å². The Morgan fingerprint density at radius 1 is 1.42 bits per heavy atom. The number of aromatic nitrogens is 1. The molecule has 1 aliphatic heterocycles. The second-order valence-corrected chi connectivity index (χ2v) is 5.65. The van der Waals surface area contributed by atoms with Gasteiger partial charge in [0.1, 0.15) is 5.75 Å². The summed E-state index contributed by atoms with van der Waals surface area (Å²) in [6.07, 6.45) is 0.228. The summed E-state index contributed by atoms with van der Waals surface area (Å²) in [5.41, 5.74) is 1.29. The smallest absolute Gasteiger partial charge is 0.312 e. The number of esters is 1. The first kappa shape index (κ1) is 12.2. The first-order valence-corrected chi connectivity index (χ1v) is 6.90. The van der Waals surface area contributed by atoms with Gasteiger partial charge in [0.15, 0.2) is 0 Å².